The molecule has 0 atom stereocenters. The number of non-ortho nitro benzene ring substituents is 2. The number of benzene rings is 3. The molecule has 3 aromatic rings. The lowest BCUT2D eigenvalue weighted by Gasteiger charge is -2.09. The smallest absolute Gasteiger partial charge is 0.271 e. The number of rotatable bonds is 8. The van der Waals surface area contributed by atoms with Gasteiger partial charge in [0, 0.05) is 30.0 Å². The lowest BCUT2D eigenvalue weighted by atomic mass is 10.1. The molecule has 10 nitrogen and oxygen atoms in total. The molecule has 170 valence electrons. The summed E-state index contributed by atoms with van der Waals surface area (Å²) in [6.07, 6.45) is 1.40. The fourth-order valence-electron chi connectivity index (χ4n) is 2.81. The SMILES string of the molecule is N#C/C(=C\c1ccc(OCc2ccc([N+](=O)[O-])cc2)c(I)c1)C(=O)Nc1cccc([N+](=O)[O-])c1. The molecule has 0 saturated heterocycles. The number of halogens is 1. The number of nitriles is 1. The molecular weight excluding hydrogens is 555 g/mol. The summed E-state index contributed by atoms with van der Waals surface area (Å²) < 4.78 is 6.50. The molecule has 0 aliphatic rings. The van der Waals surface area contributed by atoms with E-state index in [1.807, 2.05) is 6.07 Å². The molecule has 3 aromatic carbocycles. The van der Waals surface area contributed by atoms with Crippen LogP contribution in [0.25, 0.3) is 6.08 Å². The molecule has 34 heavy (non-hydrogen) atoms. The van der Waals surface area contributed by atoms with Crippen molar-refractivity contribution in [2.45, 2.75) is 6.61 Å². The molecule has 0 unspecified atom stereocenters. The van der Waals surface area contributed by atoms with Gasteiger partial charge in [0.25, 0.3) is 17.3 Å². The highest BCUT2D eigenvalue weighted by molar-refractivity contribution is 14.1. The van der Waals surface area contributed by atoms with Crippen LogP contribution in [0, 0.1) is 35.1 Å². The van der Waals surface area contributed by atoms with Crippen LogP contribution < -0.4 is 10.1 Å². The average molecular weight is 570 g/mol. The molecule has 0 aromatic heterocycles. The first-order valence-electron chi connectivity index (χ1n) is 9.60. The van der Waals surface area contributed by atoms with Gasteiger partial charge in [0.15, 0.2) is 0 Å². The Kier molecular flexibility index (Phi) is 7.88. The number of nitrogens with zero attached hydrogens (tertiary/aromatic N) is 3. The van der Waals surface area contributed by atoms with Crippen LogP contribution in [0.2, 0.25) is 0 Å². The van der Waals surface area contributed by atoms with Crippen molar-refractivity contribution in [1.29, 1.82) is 5.26 Å². The highest BCUT2D eigenvalue weighted by Crippen LogP contribution is 2.25. The van der Waals surface area contributed by atoms with E-state index in [9.17, 15) is 30.3 Å². The highest BCUT2D eigenvalue weighted by atomic mass is 127. The van der Waals surface area contributed by atoms with Crippen LogP contribution in [0.5, 0.6) is 5.75 Å². The maximum atomic E-state index is 12.5. The first-order valence-corrected chi connectivity index (χ1v) is 10.7. The van der Waals surface area contributed by atoms with Gasteiger partial charge < -0.3 is 10.1 Å². The predicted molar refractivity (Wildman–Crippen MR) is 132 cm³/mol. The summed E-state index contributed by atoms with van der Waals surface area (Å²) in [6, 6.07) is 18.4. The minimum atomic E-state index is -0.698. The fourth-order valence-corrected chi connectivity index (χ4v) is 3.50. The highest BCUT2D eigenvalue weighted by Gasteiger charge is 2.13. The van der Waals surface area contributed by atoms with Gasteiger partial charge in [0.2, 0.25) is 0 Å². The van der Waals surface area contributed by atoms with Crippen LogP contribution in [-0.4, -0.2) is 15.8 Å². The summed E-state index contributed by atoms with van der Waals surface area (Å²) in [4.78, 5) is 33.0. The van der Waals surface area contributed by atoms with Crippen LogP contribution in [0.1, 0.15) is 11.1 Å². The second kappa shape index (κ2) is 11.0. The summed E-state index contributed by atoms with van der Waals surface area (Å²) >= 11 is 2.06. The van der Waals surface area contributed by atoms with E-state index in [1.165, 1.54) is 42.5 Å². The number of nitro groups is 2. The second-order valence-electron chi connectivity index (χ2n) is 6.83. The minimum absolute atomic E-state index is 0.00251. The zero-order valence-electron chi connectivity index (χ0n) is 17.3. The number of nitrogens with one attached hydrogen (secondary N) is 1. The van der Waals surface area contributed by atoms with Crippen LogP contribution in [0.15, 0.2) is 72.3 Å². The number of carbonyl (C=O) groups excluding carboxylic acids is 1. The van der Waals surface area contributed by atoms with Crippen molar-refractivity contribution in [2.75, 3.05) is 5.32 Å². The predicted octanol–water partition coefficient (Wildman–Crippen LogP) is 5.23. The van der Waals surface area contributed by atoms with Crippen LogP contribution in [-0.2, 0) is 11.4 Å². The second-order valence-corrected chi connectivity index (χ2v) is 8.00. The molecule has 0 bridgehead atoms. The molecule has 0 aliphatic heterocycles. The number of carbonyl (C=O) groups is 1. The molecule has 0 heterocycles. The molecule has 1 N–H and O–H groups in total. The molecular formula is C23H15IN4O6. The standard InChI is InChI=1S/C23H15IN4O6/c24-21-11-16(6-9-22(21)34-14-15-4-7-19(8-5-15)27(30)31)10-17(13-25)23(29)26-18-2-1-3-20(12-18)28(32)33/h1-12H,14H2,(H,26,29)/b17-10+. The monoisotopic (exact) mass is 570 g/mol. The third-order valence-electron chi connectivity index (χ3n) is 4.49. The molecule has 0 spiro atoms. The normalized spacial score (nSPS) is 10.8. The van der Waals surface area contributed by atoms with Crippen molar-refractivity contribution >= 4 is 51.6 Å². The first kappa shape index (κ1) is 24.3. The van der Waals surface area contributed by atoms with Crippen molar-refractivity contribution in [3.05, 3.63) is 107 Å². The number of amides is 1. The summed E-state index contributed by atoms with van der Waals surface area (Å²) in [5.74, 6) is -0.132. The van der Waals surface area contributed by atoms with Crippen LogP contribution in [0.3, 0.4) is 0 Å². The van der Waals surface area contributed by atoms with Gasteiger partial charge in [0.1, 0.15) is 24.0 Å². The van der Waals surface area contributed by atoms with E-state index in [4.69, 9.17) is 4.74 Å². The van der Waals surface area contributed by atoms with Gasteiger partial charge in [-0.2, -0.15) is 5.26 Å². The van der Waals surface area contributed by atoms with E-state index in [1.54, 1.807) is 30.3 Å². The Balaban J connectivity index is 1.69. The Morgan fingerprint density at radius 2 is 1.74 bits per heavy atom. The topological polar surface area (TPSA) is 148 Å². The molecule has 0 radical (unpaired) electrons. The Hall–Kier alpha value is -4.31. The number of ether oxygens (including phenoxy) is 1. The maximum Gasteiger partial charge on any atom is 0.271 e. The van der Waals surface area contributed by atoms with Crippen LogP contribution in [0.4, 0.5) is 17.1 Å². The zero-order chi connectivity index (χ0) is 24.7. The summed E-state index contributed by atoms with van der Waals surface area (Å²) in [6.45, 7) is 0.207. The van der Waals surface area contributed by atoms with Crippen molar-refractivity contribution in [3.8, 4) is 11.8 Å². The van der Waals surface area contributed by atoms with Crippen molar-refractivity contribution in [1.82, 2.24) is 0 Å². The van der Waals surface area contributed by atoms with Crippen molar-refractivity contribution in [2.24, 2.45) is 0 Å². The molecule has 11 heteroatoms. The van der Waals surface area contributed by atoms with Gasteiger partial charge in [-0.05, 0) is 70.1 Å². The maximum absolute atomic E-state index is 12.5. The lowest BCUT2D eigenvalue weighted by molar-refractivity contribution is -0.385. The van der Waals surface area contributed by atoms with E-state index >= 15 is 0 Å². The molecule has 3 rings (SSSR count). The van der Waals surface area contributed by atoms with Gasteiger partial charge in [-0.1, -0.05) is 12.1 Å². The molecule has 0 aliphatic carbocycles. The fraction of sp³-hybridized carbons (Fsp3) is 0.0435. The van der Waals surface area contributed by atoms with Crippen molar-refractivity contribution in [3.63, 3.8) is 0 Å². The van der Waals surface area contributed by atoms with Gasteiger partial charge in [-0.15, -0.1) is 0 Å². The number of hydrogen-bond donors (Lipinski definition) is 1. The molecule has 0 fully saturated rings. The van der Waals surface area contributed by atoms with E-state index in [0.29, 0.717) is 11.3 Å². The van der Waals surface area contributed by atoms with Gasteiger partial charge >= 0.3 is 0 Å². The molecule has 1 amide bonds. The molecule has 0 saturated carbocycles. The number of nitro benzene ring substituents is 2. The quantitative estimate of drug-likeness (QED) is 0.128. The van der Waals surface area contributed by atoms with E-state index in [-0.39, 0.29) is 29.2 Å². The third-order valence-corrected chi connectivity index (χ3v) is 5.33. The van der Waals surface area contributed by atoms with Gasteiger partial charge in [-0.25, -0.2) is 0 Å². The van der Waals surface area contributed by atoms with Crippen molar-refractivity contribution < 1.29 is 19.4 Å². The Morgan fingerprint density at radius 1 is 1.03 bits per heavy atom. The number of anilines is 1. The summed E-state index contributed by atoms with van der Waals surface area (Å²) in [5.41, 5.74) is 1.18. The Labute approximate surface area is 206 Å². The van der Waals surface area contributed by atoms with Crippen LogP contribution >= 0.6 is 22.6 Å². The lowest BCUT2D eigenvalue weighted by Crippen LogP contribution is -2.13. The zero-order valence-corrected chi connectivity index (χ0v) is 19.5. The summed E-state index contributed by atoms with van der Waals surface area (Å²) in [5, 5.41) is 33.5. The minimum Gasteiger partial charge on any atom is -0.488 e. The van der Waals surface area contributed by atoms with E-state index < -0.39 is 15.8 Å². The number of hydrogen-bond acceptors (Lipinski definition) is 7. The average Bonchev–Trinajstić information content (AvgIpc) is 2.82. The van der Waals surface area contributed by atoms with E-state index in [2.05, 4.69) is 27.9 Å². The van der Waals surface area contributed by atoms with E-state index in [0.717, 1.165) is 9.13 Å². The largest absolute Gasteiger partial charge is 0.488 e. The van der Waals surface area contributed by atoms with Gasteiger partial charge in [-0.3, -0.25) is 25.0 Å². The first-order chi connectivity index (χ1) is 16.3. The summed E-state index contributed by atoms with van der Waals surface area (Å²) in [7, 11) is 0. The Morgan fingerprint density at radius 3 is 2.35 bits per heavy atom. The Bertz CT molecular complexity index is 1330. The van der Waals surface area contributed by atoms with Gasteiger partial charge in [0.05, 0.1) is 13.4 Å². The third kappa shape index (κ3) is 6.36.